The van der Waals surface area contributed by atoms with E-state index in [1.165, 1.54) is 16.7 Å². The number of rotatable bonds is 7. The van der Waals surface area contributed by atoms with Crippen molar-refractivity contribution in [1.29, 1.82) is 0 Å². The first-order valence-corrected chi connectivity index (χ1v) is 14.3. The SMILES string of the molecule is CSc1ccc([C@H]2C(C(=O)Nc3ccccc3)=C(C)Nc3nc(SCc4cc(C)ccc4C)nn32)cc1. The van der Waals surface area contributed by atoms with Gasteiger partial charge in [-0.25, -0.2) is 4.68 Å². The maximum Gasteiger partial charge on any atom is 0.255 e. The van der Waals surface area contributed by atoms with Crippen molar-refractivity contribution in [3.05, 3.63) is 106 Å². The maximum absolute atomic E-state index is 13.6. The highest BCUT2D eigenvalue weighted by Crippen LogP contribution is 2.37. The number of aryl methyl sites for hydroxylation is 2. The van der Waals surface area contributed by atoms with Crippen molar-refractivity contribution in [2.45, 2.75) is 42.6 Å². The van der Waals surface area contributed by atoms with Gasteiger partial charge in [0, 0.05) is 22.0 Å². The lowest BCUT2D eigenvalue weighted by molar-refractivity contribution is -0.113. The van der Waals surface area contributed by atoms with E-state index in [9.17, 15) is 4.79 Å². The van der Waals surface area contributed by atoms with Gasteiger partial charge in [0.25, 0.3) is 5.91 Å². The summed E-state index contributed by atoms with van der Waals surface area (Å²) in [5.41, 5.74) is 6.87. The van der Waals surface area contributed by atoms with Crippen molar-refractivity contribution < 1.29 is 4.79 Å². The van der Waals surface area contributed by atoms with E-state index in [1.54, 1.807) is 23.5 Å². The summed E-state index contributed by atoms with van der Waals surface area (Å²) in [7, 11) is 0. The highest BCUT2D eigenvalue weighted by Gasteiger charge is 2.34. The van der Waals surface area contributed by atoms with Gasteiger partial charge in [-0.1, -0.05) is 65.9 Å². The Bertz CT molecular complexity index is 1460. The van der Waals surface area contributed by atoms with Gasteiger partial charge in [-0.2, -0.15) is 4.98 Å². The quantitative estimate of drug-likeness (QED) is 0.257. The predicted molar refractivity (Wildman–Crippen MR) is 153 cm³/mol. The standard InChI is InChI=1S/C29H29N5OS2/c1-18-10-11-19(2)22(16-18)17-37-29-32-28-30-20(3)25(27(35)31-23-8-6-5-7-9-23)26(34(28)33-29)21-12-14-24(36-4)15-13-21/h5-16,26H,17H2,1-4H3,(H,31,35)(H,30,32,33)/t26-/m0/s1. The number of thioether (sulfide) groups is 2. The molecule has 4 aromatic rings. The number of nitrogens with zero attached hydrogens (tertiary/aromatic N) is 3. The molecule has 5 rings (SSSR count). The second-order valence-electron chi connectivity index (χ2n) is 9.04. The van der Waals surface area contributed by atoms with Crippen LogP contribution in [0.1, 0.15) is 35.2 Å². The molecule has 188 valence electrons. The molecule has 2 N–H and O–H groups in total. The average Bonchev–Trinajstić information content (AvgIpc) is 3.31. The normalized spacial score (nSPS) is 14.8. The maximum atomic E-state index is 13.6. The molecule has 1 aromatic heterocycles. The minimum atomic E-state index is -0.404. The molecule has 2 heterocycles. The first kappa shape index (κ1) is 25.2. The van der Waals surface area contributed by atoms with Crippen LogP contribution in [-0.4, -0.2) is 26.9 Å². The molecule has 8 heteroatoms. The van der Waals surface area contributed by atoms with Crippen LogP contribution in [0, 0.1) is 13.8 Å². The highest BCUT2D eigenvalue weighted by molar-refractivity contribution is 7.98. The van der Waals surface area contributed by atoms with Crippen molar-refractivity contribution in [1.82, 2.24) is 14.8 Å². The molecule has 37 heavy (non-hydrogen) atoms. The fourth-order valence-corrected chi connectivity index (χ4v) is 5.70. The fourth-order valence-electron chi connectivity index (χ4n) is 4.40. The Morgan fingerprint density at radius 2 is 1.78 bits per heavy atom. The van der Waals surface area contributed by atoms with Gasteiger partial charge in [0.1, 0.15) is 6.04 Å². The number of aromatic nitrogens is 3. The van der Waals surface area contributed by atoms with E-state index in [1.807, 2.05) is 41.9 Å². The molecule has 0 spiro atoms. The van der Waals surface area contributed by atoms with E-state index < -0.39 is 6.04 Å². The number of amides is 1. The molecule has 6 nitrogen and oxygen atoms in total. The Morgan fingerprint density at radius 1 is 1.03 bits per heavy atom. The highest BCUT2D eigenvalue weighted by atomic mass is 32.2. The van der Waals surface area contributed by atoms with Crippen LogP contribution in [0.2, 0.25) is 0 Å². The van der Waals surface area contributed by atoms with E-state index in [2.05, 4.69) is 73.2 Å². The Labute approximate surface area is 226 Å². The predicted octanol–water partition coefficient (Wildman–Crippen LogP) is 6.84. The van der Waals surface area contributed by atoms with Gasteiger partial charge in [0.15, 0.2) is 0 Å². The van der Waals surface area contributed by atoms with Gasteiger partial charge in [-0.05, 0) is 68.0 Å². The van der Waals surface area contributed by atoms with Gasteiger partial charge in [0.05, 0.1) is 5.57 Å². The molecule has 0 bridgehead atoms. The van der Waals surface area contributed by atoms with Gasteiger partial charge >= 0.3 is 0 Å². The van der Waals surface area contributed by atoms with Gasteiger partial charge in [-0.3, -0.25) is 4.79 Å². The molecular weight excluding hydrogens is 498 g/mol. The second-order valence-corrected chi connectivity index (χ2v) is 10.9. The number of para-hydroxylation sites is 1. The van der Waals surface area contributed by atoms with E-state index >= 15 is 0 Å². The molecule has 0 unspecified atom stereocenters. The first-order valence-electron chi connectivity index (χ1n) is 12.1. The summed E-state index contributed by atoms with van der Waals surface area (Å²) < 4.78 is 1.84. The second kappa shape index (κ2) is 10.9. The van der Waals surface area contributed by atoms with Crippen molar-refractivity contribution in [2.75, 3.05) is 16.9 Å². The van der Waals surface area contributed by atoms with Crippen LogP contribution in [0.5, 0.6) is 0 Å². The Hall–Kier alpha value is -3.49. The average molecular weight is 528 g/mol. The number of allylic oxidation sites excluding steroid dienone is 1. The summed E-state index contributed by atoms with van der Waals surface area (Å²) in [5.74, 6) is 1.25. The largest absolute Gasteiger partial charge is 0.328 e. The molecule has 1 atom stereocenters. The van der Waals surface area contributed by atoms with Crippen LogP contribution in [0.25, 0.3) is 0 Å². The molecule has 0 radical (unpaired) electrons. The van der Waals surface area contributed by atoms with E-state index in [0.717, 1.165) is 27.6 Å². The molecule has 1 aliphatic rings. The zero-order valence-electron chi connectivity index (χ0n) is 21.3. The zero-order valence-corrected chi connectivity index (χ0v) is 22.9. The lowest BCUT2D eigenvalue weighted by Crippen LogP contribution is -2.31. The number of carbonyl (C=O) groups is 1. The third-order valence-corrected chi connectivity index (χ3v) is 8.03. The molecule has 1 amide bonds. The summed E-state index contributed by atoms with van der Waals surface area (Å²) in [6.07, 6.45) is 2.05. The summed E-state index contributed by atoms with van der Waals surface area (Å²) in [6, 6.07) is 23.9. The Balaban J connectivity index is 1.49. The Kier molecular flexibility index (Phi) is 7.39. The first-order chi connectivity index (χ1) is 17.9. The van der Waals surface area contributed by atoms with Crippen molar-refractivity contribution in [3.63, 3.8) is 0 Å². The minimum absolute atomic E-state index is 0.166. The lowest BCUT2D eigenvalue weighted by Gasteiger charge is -2.28. The monoisotopic (exact) mass is 527 g/mol. The van der Waals surface area contributed by atoms with E-state index in [4.69, 9.17) is 10.1 Å². The van der Waals surface area contributed by atoms with Gasteiger partial charge in [0.2, 0.25) is 11.1 Å². The van der Waals surface area contributed by atoms with Gasteiger partial charge < -0.3 is 10.6 Å². The lowest BCUT2D eigenvalue weighted by atomic mass is 9.95. The van der Waals surface area contributed by atoms with Crippen molar-refractivity contribution >= 4 is 41.1 Å². The topological polar surface area (TPSA) is 71.8 Å². The van der Waals surface area contributed by atoms with Crippen LogP contribution in [0.4, 0.5) is 11.6 Å². The Morgan fingerprint density at radius 3 is 2.51 bits per heavy atom. The fraction of sp³-hybridized carbons (Fsp3) is 0.207. The molecule has 0 saturated heterocycles. The molecule has 0 fully saturated rings. The van der Waals surface area contributed by atoms with Crippen LogP contribution in [0.3, 0.4) is 0 Å². The summed E-state index contributed by atoms with van der Waals surface area (Å²) in [5, 5.41) is 11.9. The van der Waals surface area contributed by atoms with Crippen LogP contribution < -0.4 is 10.6 Å². The number of carbonyl (C=O) groups excluding carboxylic acids is 1. The minimum Gasteiger partial charge on any atom is -0.328 e. The van der Waals surface area contributed by atoms with Crippen LogP contribution in [-0.2, 0) is 10.5 Å². The number of benzene rings is 3. The van der Waals surface area contributed by atoms with E-state index in [-0.39, 0.29) is 5.91 Å². The molecule has 1 aliphatic heterocycles. The number of hydrogen-bond donors (Lipinski definition) is 2. The third kappa shape index (κ3) is 5.45. The number of hydrogen-bond acceptors (Lipinski definition) is 6. The van der Waals surface area contributed by atoms with E-state index in [0.29, 0.717) is 16.7 Å². The van der Waals surface area contributed by atoms with Gasteiger partial charge in [-0.15, -0.1) is 16.9 Å². The van der Waals surface area contributed by atoms with Crippen molar-refractivity contribution in [2.24, 2.45) is 0 Å². The smallest absolute Gasteiger partial charge is 0.255 e. The van der Waals surface area contributed by atoms with Crippen LogP contribution in [0.15, 0.2) is 94.1 Å². The third-order valence-electron chi connectivity index (χ3n) is 6.40. The van der Waals surface area contributed by atoms with Crippen molar-refractivity contribution in [3.8, 4) is 0 Å². The number of anilines is 2. The summed E-state index contributed by atoms with van der Waals surface area (Å²) >= 11 is 3.29. The summed E-state index contributed by atoms with van der Waals surface area (Å²) in [6.45, 7) is 6.15. The summed E-state index contributed by atoms with van der Waals surface area (Å²) in [4.78, 5) is 19.6. The van der Waals surface area contributed by atoms with Crippen LogP contribution >= 0.6 is 23.5 Å². The number of fused-ring (bicyclic) bond motifs is 1. The molecule has 0 saturated carbocycles. The molecule has 0 aliphatic carbocycles. The number of nitrogens with one attached hydrogen (secondary N) is 2. The zero-order chi connectivity index (χ0) is 25.9. The molecular formula is C29H29N5OS2. The molecule has 3 aromatic carbocycles.